The molecule has 0 radical (unpaired) electrons. The average molecular weight is 472 g/mol. The molecular formula is C24H29N3O3S2. The van der Waals surface area contributed by atoms with Crippen molar-refractivity contribution in [2.75, 3.05) is 12.8 Å². The van der Waals surface area contributed by atoms with Crippen LogP contribution in [-0.4, -0.2) is 48.6 Å². The fraction of sp³-hybridized carbons (Fsp3) is 0.458. The highest BCUT2D eigenvalue weighted by Gasteiger charge is 2.44. The molecule has 32 heavy (non-hydrogen) atoms. The van der Waals surface area contributed by atoms with Crippen molar-refractivity contribution in [1.82, 2.24) is 14.6 Å². The highest BCUT2D eigenvalue weighted by atomic mass is 32.2. The minimum Gasteiger partial charge on any atom is -0.431 e. The number of fused-ring (bicyclic) bond motifs is 3. The van der Waals surface area contributed by atoms with Crippen LogP contribution in [0.15, 0.2) is 42.5 Å². The van der Waals surface area contributed by atoms with Gasteiger partial charge in [-0.15, -0.1) is 0 Å². The van der Waals surface area contributed by atoms with Crippen LogP contribution < -0.4 is 10.1 Å². The lowest BCUT2D eigenvalue weighted by Gasteiger charge is -2.37. The van der Waals surface area contributed by atoms with Gasteiger partial charge in [-0.1, -0.05) is 29.5 Å². The Morgan fingerprint density at radius 2 is 1.84 bits per heavy atom. The van der Waals surface area contributed by atoms with Crippen molar-refractivity contribution in [3.63, 3.8) is 0 Å². The summed E-state index contributed by atoms with van der Waals surface area (Å²) in [5, 5.41) is 4.32. The van der Waals surface area contributed by atoms with E-state index in [1.165, 1.54) is 17.4 Å². The van der Waals surface area contributed by atoms with Crippen LogP contribution in [0.5, 0.6) is 10.9 Å². The van der Waals surface area contributed by atoms with E-state index in [1.54, 1.807) is 15.6 Å². The zero-order valence-electron chi connectivity index (χ0n) is 18.5. The van der Waals surface area contributed by atoms with Gasteiger partial charge in [-0.05, 0) is 81.0 Å². The SMILES string of the molecule is Cc1ccc2nc(Oc3ccc(CCN[C@@H]4C[C@H]5CC[C@@H](C4)N5S(C)(=O)=O)cc3)sc2c1. The maximum Gasteiger partial charge on any atom is 0.279 e. The van der Waals surface area contributed by atoms with Gasteiger partial charge in [0.05, 0.1) is 16.5 Å². The number of nitrogens with zero attached hydrogens (tertiary/aromatic N) is 2. The molecule has 1 aromatic heterocycles. The number of benzene rings is 2. The van der Waals surface area contributed by atoms with E-state index in [0.29, 0.717) is 11.2 Å². The zero-order valence-corrected chi connectivity index (χ0v) is 20.1. The van der Waals surface area contributed by atoms with E-state index in [9.17, 15) is 8.42 Å². The lowest BCUT2D eigenvalue weighted by molar-refractivity contribution is 0.208. The summed E-state index contributed by atoms with van der Waals surface area (Å²) in [5.74, 6) is 0.794. The Kier molecular flexibility index (Phi) is 5.96. The van der Waals surface area contributed by atoms with E-state index < -0.39 is 10.0 Å². The molecule has 0 amide bonds. The fourth-order valence-electron chi connectivity index (χ4n) is 5.14. The summed E-state index contributed by atoms with van der Waals surface area (Å²) in [6.07, 6.45) is 6.09. The maximum absolute atomic E-state index is 12.0. The van der Waals surface area contributed by atoms with E-state index >= 15 is 0 Å². The van der Waals surface area contributed by atoms with Crippen molar-refractivity contribution in [2.45, 2.75) is 57.2 Å². The normalized spacial score (nSPS) is 23.6. The third kappa shape index (κ3) is 4.69. The number of hydrogen-bond donors (Lipinski definition) is 1. The largest absolute Gasteiger partial charge is 0.431 e. The molecule has 0 spiro atoms. The monoisotopic (exact) mass is 471 g/mol. The molecule has 6 nitrogen and oxygen atoms in total. The molecule has 3 atom stereocenters. The zero-order chi connectivity index (χ0) is 22.3. The van der Waals surface area contributed by atoms with E-state index in [2.05, 4.69) is 41.5 Å². The summed E-state index contributed by atoms with van der Waals surface area (Å²) in [6.45, 7) is 2.97. The number of piperidine rings is 1. The van der Waals surface area contributed by atoms with Gasteiger partial charge in [0.25, 0.3) is 5.19 Å². The second-order valence-electron chi connectivity index (χ2n) is 9.05. The Hall–Kier alpha value is -2.00. The predicted molar refractivity (Wildman–Crippen MR) is 129 cm³/mol. The lowest BCUT2D eigenvalue weighted by atomic mass is 9.99. The molecule has 2 saturated heterocycles. The first-order valence-corrected chi connectivity index (χ1v) is 13.9. The van der Waals surface area contributed by atoms with Crippen molar-refractivity contribution in [2.24, 2.45) is 0 Å². The molecule has 2 aromatic carbocycles. The van der Waals surface area contributed by atoms with Crippen molar-refractivity contribution >= 4 is 31.6 Å². The molecule has 0 aliphatic carbocycles. The summed E-state index contributed by atoms with van der Waals surface area (Å²) in [4.78, 5) is 4.56. The number of thiazole rings is 1. The summed E-state index contributed by atoms with van der Waals surface area (Å²) in [7, 11) is -3.10. The molecule has 3 aromatic rings. The molecule has 0 unspecified atom stereocenters. The minimum atomic E-state index is -3.10. The molecule has 2 aliphatic heterocycles. The Balaban J connectivity index is 1.12. The molecule has 1 N–H and O–H groups in total. The number of rotatable bonds is 7. The summed E-state index contributed by atoms with van der Waals surface area (Å²) < 4.78 is 33.0. The molecule has 2 bridgehead atoms. The van der Waals surface area contributed by atoms with Crippen LogP contribution in [0.2, 0.25) is 0 Å². The first-order valence-electron chi connectivity index (χ1n) is 11.2. The third-order valence-corrected chi connectivity index (χ3v) is 8.81. The molecule has 170 valence electrons. The molecule has 0 saturated carbocycles. The van der Waals surface area contributed by atoms with Gasteiger partial charge in [0.2, 0.25) is 10.0 Å². The van der Waals surface area contributed by atoms with Crippen molar-refractivity contribution in [3.05, 3.63) is 53.6 Å². The topological polar surface area (TPSA) is 71.5 Å². The summed E-state index contributed by atoms with van der Waals surface area (Å²) in [6, 6.07) is 15.2. The highest BCUT2D eigenvalue weighted by molar-refractivity contribution is 7.88. The van der Waals surface area contributed by atoms with Crippen LogP contribution in [0.1, 0.15) is 36.8 Å². The van der Waals surface area contributed by atoms with Crippen LogP contribution >= 0.6 is 11.3 Å². The van der Waals surface area contributed by atoms with Crippen LogP contribution in [0.3, 0.4) is 0 Å². The average Bonchev–Trinajstić information content (AvgIpc) is 3.26. The Morgan fingerprint density at radius 1 is 1.12 bits per heavy atom. The maximum atomic E-state index is 12.0. The van der Waals surface area contributed by atoms with Gasteiger partial charge in [0.1, 0.15) is 5.75 Å². The number of hydrogen-bond acceptors (Lipinski definition) is 6. The Morgan fingerprint density at radius 3 is 2.53 bits per heavy atom. The molecule has 8 heteroatoms. The van der Waals surface area contributed by atoms with Gasteiger partial charge in [-0.25, -0.2) is 13.4 Å². The van der Waals surface area contributed by atoms with E-state index in [1.807, 2.05) is 18.2 Å². The molecule has 2 fully saturated rings. The number of sulfonamides is 1. The third-order valence-electron chi connectivity index (χ3n) is 6.55. The Bertz CT molecular complexity index is 1190. The van der Waals surface area contributed by atoms with E-state index in [0.717, 1.165) is 54.6 Å². The number of ether oxygens (including phenoxy) is 1. The summed E-state index contributed by atoms with van der Waals surface area (Å²) >= 11 is 1.56. The Labute approximate surface area is 193 Å². The second-order valence-corrected chi connectivity index (χ2v) is 11.9. The quantitative estimate of drug-likeness (QED) is 0.550. The lowest BCUT2D eigenvalue weighted by Crippen LogP contribution is -2.51. The van der Waals surface area contributed by atoms with E-state index in [4.69, 9.17) is 4.74 Å². The van der Waals surface area contributed by atoms with Gasteiger partial charge in [-0.2, -0.15) is 4.31 Å². The minimum absolute atomic E-state index is 0.170. The standard InChI is InChI=1S/C24H29N3O3S2/c1-16-3-10-22-23(13-16)31-24(26-22)30-21-8-4-17(5-9-21)11-12-25-18-14-19-6-7-20(15-18)27(19)32(2,28)29/h3-5,8-10,13,18-20,25H,6-7,11-12,14-15H2,1-2H3/t18-,19-,20+. The molecule has 2 aliphatic rings. The van der Waals surface area contributed by atoms with Crippen molar-refractivity contribution < 1.29 is 13.2 Å². The first-order chi connectivity index (χ1) is 15.3. The number of nitrogens with one attached hydrogen (secondary N) is 1. The van der Waals surface area contributed by atoms with Crippen LogP contribution in [0, 0.1) is 6.92 Å². The van der Waals surface area contributed by atoms with Crippen LogP contribution in [0.4, 0.5) is 0 Å². The predicted octanol–water partition coefficient (Wildman–Crippen LogP) is 4.48. The van der Waals surface area contributed by atoms with Gasteiger partial charge in [0.15, 0.2) is 0 Å². The van der Waals surface area contributed by atoms with Gasteiger partial charge in [0, 0.05) is 18.1 Å². The second kappa shape index (κ2) is 8.74. The van der Waals surface area contributed by atoms with Crippen molar-refractivity contribution in [3.8, 4) is 10.9 Å². The van der Waals surface area contributed by atoms with Gasteiger partial charge >= 0.3 is 0 Å². The first kappa shape index (κ1) is 21.8. The molecular weight excluding hydrogens is 442 g/mol. The summed E-state index contributed by atoms with van der Waals surface area (Å²) in [5.41, 5.74) is 3.44. The number of aromatic nitrogens is 1. The van der Waals surface area contributed by atoms with Gasteiger partial charge in [-0.3, -0.25) is 0 Å². The highest BCUT2D eigenvalue weighted by Crippen LogP contribution is 2.37. The van der Waals surface area contributed by atoms with Crippen LogP contribution in [-0.2, 0) is 16.4 Å². The van der Waals surface area contributed by atoms with Crippen LogP contribution in [0.25, 0.3) is 10.2 Å². The molecule has 3 heterocycles. The van der Waals surface area contributed by atoms with Gasteiger partial charge < -0.3 is 10.1 Å². The van der Waals surface area contributed by atoms with Crippen molar-refractivity contribution in [1.29, 1.82) is 0 Å². The van der Waals surface area contributed by atoms with E-state index in [-0.39, 0.29) is 12.1 Å². The smallest absolute Gasteiger partial charge is 0.279 e. The number of aryl methyl sites for hydroxylation is 1. The molecule has 5 rings (SSSR count). The fourth-order valence-corrected chi connectivity index (χ4v) is 7.54.